The van der Waals surface area contributed by atoms with Gasteiger partial charge in [0.25, 0.3) is 0 Å². The van der Waals surface area contributed by atoms with Crippen LogP contribution in [0.4, 0.5) is 4.39 Å². The Kier molecular flexibility index (Phi) is 7.97. The van der Waals surface area contributed by atoms with Gasteiger partial charge in [-0.2, -0.15) is 0 Å². The van der Waals surface area contributed by atoms with Gasteiger partial charge in [0.15, 0.2) is 23.1 Å². The second-order valence-corrected chi connectivity index (χ2v) is 13.8. The molecule has 0 aromatic heterocycles. The van der Waals surface area contributed by atoms with Gasteiger partial charge in [-0.05, 0) is 77.2 Å². The zero-order valence-corrected chi connectivity index (χ0v) is 26.4. The number of Topliss-reactive ketones (excluding diaryl/α,β-unsaturated/α-hetero) is 2. The van der Waals surface area contributed by atoms with E-state index in [0.717, 1.165) is 40.9 Å². The fourth-order valence-electron chi connectivity index (χ4n) is 6.69. The van der Waals surface area contributed by atoms with Crippen molar-refractivity contribution in [3.8, 4) is 11.5 Å². The van der Waals surface area contributed by atoms with Crippen molar-refractivity contribution >= 4 is 27.5 Å². The summed E-state index contributed by atoms with van der Waals surface area (Å²) in [6.07, 6.45) is 2.41. The number of allylic oxidation sites excluding steroid dienone is 4. The second kappa shape index (κ2) is 11.0. The van der Waals surface area contributed by atoms with Crippen LogP contribution in [0.2, 0.25) is 0 Å². The molecule has 1 heterocycles. The highest BCUT2D eigenvalue weighted by Gasteiger charge is 2.48. The molecule has 41 heavy (non-hydrogen) atoms. The number of hydrogen-bond acceptors (Lipinski definition) is 5. The molecular weight excluding hydrogens is 585 g/mol. The molecule has 0 unspecified atom stereocenters. The van der Waals surface area contributed by atoms with Crippen LogP contribution in [0.1, 0.15) is 84.3 Å². The number of ketones is 2. The lowest BCUT2D eigenvalue weighted by Gasteiger charge is -2.49. The number of hydrogen-bond donors (Lipinski definition) is 0. The Balaban J connectivity index is 1.67. The molecule has 0 saturated heterocycles. The Morgan fingerprint density at radius 2 is 1.49 bits per heavy atom. The van der Waals surface area contributed by atoms with E-state index in [1.54, 1.807) is 18.2 Å². The van der Waals surface area contributed by atoms with Gasteiger partial charge in [0.2, 0.25) is 0 Å². The molecule has 0 amide bonds. The molecule has 0 bridgehead atoms. The van der Waals surface area contributed by atoms with Crippen molar-refractivity contribution in [3.05, 3.63) is 80.4 Å². The summed E-state index contributed by atoms with van der Waals surface area (Å²) in [6.45, 7) is 13.7. The minimum absolute atomic E-state index is 0.0331. The molecule has 0 atom stereocenters. The highest BCUT2D eigenvalue weighted by molar-refractivity contribution is 9.10. The predicted octanol–water partition coefficient (Wildman–Crippen LogP) is 8.27. The summed E-state index contributed by atoms with van der Waals surface area (Å²) in [5, 5.41) is 0. The molecular formula is C34H39BrFNO4. The van der Waals surface area contributed by atoms with Gasteiger partial charge in [-0.3, -0.25) is 9.59 Å². The maximum atomic E-state index is 14.3. The summed E-state index contributed by atoms with van der Waals surface area (Å²) in [7, 11) is 0. The number of carbonyl (C=O) groups excluding carboxylic acids is 2. The Hall–Kier alpha value is -2.93. The summed E-state index contributed by atoms with van der Waals surface area (Å²) < 4.78 is 27.1. The number of benzene rings is 2. The van der Waals surface area contributed by atoms with Crippen LogP contribution in [-0.2, 0) is 16.2 Å². The van der Waals surface area contributed by atoms with Crippen molar-refractivity contribution in [2.45, 2.75) is 79.8 Å². The van der Waals surface area contributed by atoms with Gasteiger partial charge in [0, 0.05) is 53.4 Å². The number of nitrogens with zero attached hydrogens (tertiary/aromatic N) is 1. The molecule has 0 fully saturated rings. The highest BCUT2D eigenvalue weighted by atomic mass is 79.9. The second-order valence-electron chi connectivity index (χ2n) is 12.9. The van der Waals surface area contributed by atoms with E-state index in [9.17, 15) is 14.0 Å². The number of rotatable bonds is 7. The lowest BCUT2D eigenvalue weighted by molar-refractivity contribution is -0.119. The average Bonchev–Trinajstić information content (AvgIpc) is 2.86. The van der Waals surface area contributed by atoms with Crippen molar-refractivity contribution in [2.75, 3.05) is 13.2 Å². The minimum atomic E-state index is -0.480. The van der Waals surface area contributed by atoms with Crippen LogP contribution in [0, 0.1) is 16.6 Å². The van der Waals surface area contributed by atoms with E-state index in [4.69, 9.17) is 9.47 Å². The molecule has 0 spiro atoms. The Morgan fingerprint density at radius 3 is 2.02 bits per heavy atom. The first kappa shape index (κ1) is 29.6. The van der Waals surface area contributed by atoms with Gasteiger partial charge in [0.05, 0.1) is 11.1 Å². The molecule has 3 aliphatic rings. The van der Waals surface area contributed by atoms with Crippen molar-refractivity contribution in [1.29, 1.82) is 0 Å². The average molecular weight is 625 g/mol. The van der Waals surface area contributed by atoms with Gasteiger partial charge < -0.3 is 14.4 Å². The zero-order chi connectivity index (χ0) is 29.7. The van der Waals surface area contributed by atoms with Crippen molar-refractivity contribution in [2.24, 2.45) is 10.8 Å². The molecule has 5 nitrogen and oxygen atoms in total. The number of ether oxygens (including phenoxy) is 2. The Bertz CT molecular complexity index is 1420. The van der Waals surface area contributed by atoms with E-state index in [1.165, 1.54) is 6.07 Å². The van der Waals surface area contributed by atoms with Crippen LogP contribution in [0.5, 0.6) is 11.5 Å². The number of halogens is 2. The molecule has 0 N–H and O–H groups in total. The van der Waals surface area contributed by atoms with Gasteiger partial charge >= 0.3 is 0 Å². The van der Waals surface area contributed by atoms with Crippen molar-refractivity contribution in [3.63, 3.8) is 0 Å². The van der Waals surface area contributed by atoms with E-state index in [0.29, 0.717) is 47.5 Å². The van der Waals surface area contributed by atoms with E-state index in [2.05, 4.69) is 55.4 Å². The largest absolute Gasteiger partial charge is 0.490 e. The molecule has 1 aliphatic heterocycles. The summed E-state index contributed by atoms with van der Waals surface area (Å²) in [4.78, 5) is 30.1. The predicted molar refractivity (Wildman–Crippen MR) is 161 cm³/mol. The number of carbonyl (C=O) groups is 2. The molecule has 5 rings (SSSR count). The van der Waals surface area contributed by atoms with Crippen LogP contribution in [-0.4, -0.2) is 29.6 Å². The highest BCUT2D eigenvalue weighted by Crippen LogP contribution is 2.55. The van der Waals surface area contributed by atoms with Crippen LogP contribution < -0.4 is 9.47 Å². The van der Waals surface area contributed by atoms with Crippen LogP contribution in [0.3, 0.4) is 0 Å². The molecule has 0 saturated carbocycles. The van der Waals surface area contributed by atoms with Crippen molar-refractivity contribution < 1.29 is 23.5 Å². The van der Waals surface area contributed by atoms with Gasteiger partial charge in [-0.1, -0.05) is 45.9 Å². The minimum Gasteiger partial charge on any atom is -0.490 e. The maximum Gasteiger partial charge on any atom is 0.175 e. The lowest BCUT2D eigenvalue weighted by Crippen LogP contribution is -2.44. The Labute approximate surface area is 250 Å². The fourth-order valence-corrected chi connectivity index (χ4v) is 7.26. The maximum absolute atomic E-state index is 14.3. The van der Waals surface area contributed by atoms with E-state index in [-0.39, 0.29) is 34.8 Å². The molecule has 7 heteroatoms. The smallest absolute Gasteiger partial charge is 0.175 e. The molecule has 0 radical (unpaired) electrons. The molecule has 2 aromatic rings. The summed E-state index contributed by atoms with van der Waals surface area (Å²) in [5.41, 5.74) is 4.46. The van der Waals surface area contributed by atoms with Gasteiger partial charge in [-0.25, -0.2) is 4.39 Å². The monoisotopic (exact) mass is 623 g/mol. The third kappa shape index (κ3) is 5.62. The fraction of sp³-hybridized carbons (Fsp3) is 0.471. The topological polar surface area (TPSA) is 55.8 Å². The van der Waals surface area contributed by atoms with E-state index >= 15 is 0 Å². The third-order valence-corrected chi connectivity index (χ3v) is 8.92. The van der Waals surface area contributed by atoms with Gasteiger partial charge in [-0.15, -0.1) is 0 Å². The van der Waals surface area contributed by atoms with E-state index in [1.807, 2.05) is 19.1 Å². The van der Waals surface area contributed by atoms with Crippen LogP contribution in [0.25, 0.3) is 0 Å². The third-order valence-electron chi connectivity index (χ3n) is 8.33. The molecule has 2 aromatic carbocycles. The zero-order valence-electron chi connectivity index (χ0n) is 24.8. The van der Waals surface area contributed by atoms with E-state index < -0.39 is 5.92 Å². The summed E-state index contributed by atoms with van der Waals surface area (Å²) >= 11 is 3.68. The van der Waals surface area contributed by atoms with Gasteiger partial charge in [0.1, 0.15) is 12.4 Å². The summed E-state index contributed by atoms with van der Waals surface area (Å²) in [6, 6.07) is 10.3. The molecule has 218 valence electrons. The first-order chi connectivity index (χ1) is 19.4. The summed E-state index contributed by atoms with van der Waals surface area (Å²) in [5.74, 6) is 0.321. The lowest BCUT2D eigenvalue weighted by atomic mass is 9.63. The SMILES string of the molecule is CCOc1cc(C2C3=C(CC(C)(C)CC3=O)N(CC)C3=C2C(=O)CC(C)(C)C3)cc(Br)c1OCc1ccccc1F. The van der Waals surface area contributed by atoms with Crippen LogP contribution >= 0.6 is 15.9 Å². The first-order valence-electron chi connectivity index (χ1n) is 14.5. The quantitative estimate of drug-likeness (QED) is 0.311. The van der Waals surface area contributed by atoms with Crippen molar-refractivity contribution in [1.82, 2.24) is 4.90 Å². The standard InChI is InChI=1S/C34H39BrFNO4/c1-7-37-24-15-33(3,4)17-26(38)30(24)29(31-25(37)16-34(5,6)18-27(31)39)21-13-22(35)32(28(14-21)40-8-2)41-19-20-11-9-10-12-23(20)36/h9-14,29H,7-8,15-19H2,1-6H3. The normalized spacial score (nSPS) is 20.2. The Morgan fingerprint density at radius 1 is 0.902 bits per heavy atom. The molecule has 2 aliphatic carbocycles. The van der Waals surface area contributed by atoms with Crippen LogP contribution in [0.15, 0.2) is 63.4 Å². The first-order valence-corrected chi connectivity index (χ1v) is 15.3.